The quantitative estimate of drug-likeness (QED) is 0.869. The molecule has 7 heteroatoms. The second-order valence-electron chi connectivity index (χ2n) is 3.61. The monoisotopic (exact) mass is 257 g/mol. The van der Waals surface area contributed by atoms with E-state index in [2.05, 4.69) is 10.2 Å². The van der Waals surface area contributed by atoms with Gasteiger partial charge in [-0.2, -0.15) is 18.3 Å². The second-order valence-corrected chi connectivity index (χ2v) is 3.61. The van der Waals surface area contributed by atoms with E-state index in [1.807, 2.05) is 0 Å². The zero-order valence-electron chi connectivity index (χ0n) is 9.38. The van der Waals surface area contributed by atoms with Crippen LogP contribution in [0.15, 0.2) is 24.4 Å². The summed E-state index contributed by atoms with van der Waals surface area (Å²) in [5.74, 6) is 0.291. The molecule has 0 bridgehead atoms. The van der Waals surface area contributed by atoms with Crippen LogP contribution in [0.1, 0.15) is 5.56 Å². The first kappa shape index (κ1) is 12.3. The van der Waals surface area contributed by atoms with Crippen molar-refractivity contribution >= 4 is 5.69 Å². The molecule has 0 saturated carbocycles. The SMILES string of the molecule is COc1ccc(C(F)(F)F)cc1-c1[nH]ncc1N. The number of aromatic nitrogens is 2. The lowest BCUT2D eigenvalue weighted by Crippen LogP contribution is -2.05. The largest absolute Gasteiger partial charge is 0.496 e. The Morgan fingerprint density at radius 3 is 2.56 bits per heavy atom. The van der Waals surface area contributed by atoms with Gasteiger partial charge in [-0.25, -0.2) is 0 Å². The maximum Gasteiger partial charge on any atom is 0.416 e. The fourth-order valence-electron chi connectivity index (χ4n) is 1.59. The van der Waals surface area contributed by atoms with Crippen molar-refractivity contribution in [2.75, 3.05) is 12.8 Å². The molecule has 1 aromatic heterocycles. The smallest absolute Gasteiger partial charge is 0.416 e. The molecule has 4 nitrogen and oxygen atoms in total. The molecule has 0 spiro atoms. The summed E-state index contributed by atoms with van der Waals surface area (Å²) in [5, 5.41) is 6.23. The van der Waals surface area contributed by atoms with Crippen LogP contribution < -0.4 is 10.5 Å². The number of alkyl halides is 3. The van der Waals surface area contributed by atoms with Crippen LogP contribution in [-0.2, 0) is 6.18 Å². The number of methoxy groups -OCH3 is 1. The summed E-state index contributed by atoms with van der Waals surface area (Å²) in [7, 11) is 1.37. The summed E-state index contributed by atoms with van der Waals surface area (Å²) >= 11 is 0. The highest BCUT2D eigenvalue weighted by Gasteiger charge is 2.31. The van der Waals surface area contributed by atoms with Crippen molar-refractivity contribution in [1.82, 2.24) is 10.2 Å². The number of nitrogens with two attached hydrogens (primary N) is 1. The number of nitrogens with one attached hydrogen (secondary N) is 1. The molecule has 1 heterocycles. The Labute approximate surface area is 101 Å². The zero-order valence-corrected chi connectivity index (χ0v) is 9.38. The number of halogens is 3. The van der Waals surface area contributed by atoms with Gasteiger partial charge in [0, 0.05) is 5.56 Å². The van der Waals surface area contributed by atoms with Gasteiger partial charge >= 0.3 is 6.18 Å². The third-order valence-electron chi connectivity index (χ3n) is 2.46. The molecule has 96 valence electrons. The predicted octanol–water partition coefficient (Wildman–Crippen LogP) is 2.69. The van der Waals surface area contributed by atoms with E-state index in [1.165, 1.54) is 19.4 Å². The summed E-state index contributed by atoms with van der Waals surface area (Å²) in [6.45, 7) is 0. The average Bonchev–Trinajstić information content (AvgIpc) is 2.73. The molecule has 2 aromatic rings. The van der Waals surface area contributed by atoms with Crippen LogP contribution in [0.2, 0.25) is 0 Å². The fourth-order valence-corrected chi connectivity index (χ4v) is 1.59. The molecule has 0 radical (unpaired) electrons. The highest BCUT2D eigenvalue weighted by Crippen LogP contribution is 2.37. The van der Waals surface area contributed by atoms with Crippen LogP contribution in [0.4, 0.5) is 18.9 Å². The van der Waals surface area contributed by atoms with Gasteiger partial charge < -0.3 is 10.5 Å². The van der Waals surface area contributed by atoms with Crippen molar-refractivity contribution in [3.05, 3.63) is 30.0 Å². The van der Waals surface area contributed by atoms with Crippen LogP contribution in [0.25, 0.3) is 11.3 Å². The zero-order chi connectivity index (χ0) is 13.3. The van der Waals surface area contributed by atoms with Crippen molar-refractivity contribution in [2.45, 2.75) is 6.18 Å². The molecule has 18 heavy (non-hydrogen) atoms. The minimum absolute atomic E-state index is 0.224. The van der Waals surface area contributed by atoms with Crippen LogP contribution in [0.3, 0.4) is 0 Å². The van der Waals surface area contributed by atoms with Crippen molar-refractivity contribution in [3.8, 4) is 17.0 Å². The van der Waals surface area contributed by atoms with Crippen molar-refractivity contribution < 1.29 is 17.9 Å². The number of nitrogen functional groups attached to an aromatic ring is 1. The lowest BCUT2D eigenvalue weighted by atomic mass is 10.1. The lowest BCUT2D eigenvalue weighted by Gasteiger charge is -2.12. The van der Waals surface area contributed by atoms with E-state index >= 15 is 0 Å². The first-order valence-corrected chi connectivity index (χ1v) is 4.98. The number of ether oxygens (including phenoxy) is 1. The van der Waals surface area contributed by atoms with E-state index in [1.54, 1.807) is 0 Å². The van der Waals surface area contributed by atoms with Crippen LogP contribution in [0, 0.1) is 0 Å². The Morgan fingerprint density at radius 1 is 1.33 bits per heavy atom. The summed E-state index contributed by atoms with van der Waals surface area (Å²) in [4.78, 5) is 0. The molecule has 1 aromatic carbocycles. The highest BCUT2D eigenvalue weighted by atomic mass is 19.4. The van der Waals surface area contributed by atoms with Gasteiger partial charge in [-0.3, -0.25) is 5.10 Å². The third kappa shape index (κ3) is 2.11. The molecule has 0 saturated heterocycles. The van der Waals surface area contributed by atoms with Crippen molar-refractivity contribution in [2.24, 2.45) is 0 Å². The molecule has 3 N–H and O–H groups in total. The molecular formula is C11H10F3N3O. The number of rotatable bonds is 2. The summed E-state index contributed by atoms with van der Waals surface area (Å²) < 4.78 is 43.0. The predicted molar refractivity (Wildman–Crippen MR) is 60.0 cm³/mol. The molecule has 0 atom stereocenters. The third-order valence-corrected chi connectivity index (χ3v) is 2.46. The molecular weight excluding hydrogens is 247 g/mol. The number of H-pyrrole nitrogens is 1. The van der Waals surface area contributed by atoms with Crippen LogP contribution >= 0.6 is 0 Å². The van der Waals surface area contributed by atoms with E-state index in [-0.39, 0.29) is 11.3 Å². The van der Waals surface area contributed by atoms with E-state index < -0.39 is 11.7 Å². The standard InChI is InChI=1S/C11H10F3N3O/c1-18-9-3-2-6(11(12,13)14)4-7(9)10-8(15)5-16-17-10/h2-5H,15H2,1H3,(H,16,17). The average molecular weight is 257 g/mol. The van der Waals surface area contributed by atoms with Crippen molar-refractivity contribution in [3.63, 3.8) is 0 Å². The van der Waals surface area contributed by atoms with Gasteiger partial charge in [0.15, 0.2) is 0 Å². The summed E-state index contributed by atoms with van der Waals surface area (Å²) in [6.07, 6.45) is -3.09. The van der Waals surface area contributed by atoms with E-state index in [0.29, 0.717) is 11.4 Å². The van der Waals surface area contributed by atoms with Crippen LogP contribution in [0.5, 0.6) is 5.75 Å². The first-order chi connectivity index (χ1) is 8.43. The van der Waals surface area contributed by atoms with Gasteiger partial charge in [-0.1, -0.05) is 0 Å². The Bertz CT molecular complexity index is 563. The minimum atomic E-state index is -4.42. The molecule has 0 aliphatic carbocycles. The molecule has 2 rings (SSSR count). The van der Waals surface area contributed by atoms with Gasteiger partial charge in [-0.05, 0) is 18.2 Å². The van der Waals surface area contributed by atoms with Gasteiger partial charge in [-0.15, -0.1) is 0 Å². The number of hydrogen-bond donors (Lipinski definition) is 2. The Kier molecular flexibility index (Phi) is 2.90. The topological polar surface area (TPSA) is 63.9 Å². The first-order valence-electron chi connectivity index (χ1n) is 4.98. The lowest BCUT2D eigenvalue weighted by molar-refractivity contribution is -0.137. The minimum Gasteiger partial charge on any atom is -0.496 e. The normalized spacial score (nSPS) is 11.6. The van der Waals surface area contributed by atoms with Gasteiger partial charge in [0.1, 0.15) is 5.75 Å². The van der Waals surface area contributed by atoms with Gasteiger partial charge in [0.25, 0.3) is 0 Å². The Balaban J connectivity index is 2.61. The van der Waals surface area contributed by atoms with E-state index in [0.717, 1.165) is 12.1 Å². The number of nitrogens with zero attached hydrogens (tertiary/aromatic N) is 1. The number of benzene rings is 1. The number of aromatic amines is 1. The second kappa shape index (κ2) is 4.25. The highest BCUT2D eigenvalue weighted by molar-refractivity contribution is 5.77. The van der Waals surface area contributed by atoms with Crippen LogP contribution in [-0.4, -0.2) is 17.3 Å². The molecule has 0 aliphatic rings. The van der Waals surface area contributed by atoms with Gasteiger partial charge in [0.2, 0.25) is 0 Å². The molecule has 0 fully saturated rings. The number of anilines is 1. The molecule has 0 amide bonds. The maximum absolute atomic E-state index is 12.6. The molecule has 0 aliphatic heterocycles. The van der Waals surface area contributed by atoms with Crippen molar-refractivity contribution in [1.29, 1.82) is 0 Å². The van der Waals surface area contributed by atoms with E-state index in [9.17, 15) is 13.2 Å². The Morgan fingerprint density at radius 2 is 2.06 bits per heavy atom. The fraction of sp³-hybridized carbons (Fsp3) is 0.182. The summed E-state index contributed by atoms with van der Waals surface area (Å²) in [5.41, 5.74) is 5.64. The summed E-state index contributed by atoms with van der Waals surface area (Å²) in [6, 6.07) is 3.18. The maximum atomic E-state index is 12.6. The molecule has 0 unspecified atom stereocenters. The number of hydrogen-bond acceptors (Lipinski definition) is 3. The van der Waals surface area contributed by atoms with Gasteiger partial charge in [0.05, 0.1) is 30.3 Å². The van der Waals surface area contributed by atoms with E-state index in [4.69, 9.17) is 10.5 Å². The Hall–Kier alpha value is -2.18.